The maximum atomic E-state index is 12.7. The van der Waals surface area contributed by atoms with Crippen LogP contribution in [0, 0.1) is 0 Å². The summed E-state index contributed by atoms with van der Waals surface area (Å²) in [6.45, 7) is -0.255. The van der Waals surface area contributed by atoms with Crippen LogP contribution in [-0.4, -0.2) is 45.7 Å². The molecule has 34 heavy (non-hydrogen) atoms. The number of fused-ring (bicyclic) bond motifs is 3. The summed E-state index contributed by atoms with van der Waals surface area (Å²) in [5.74, 6) is -0.472. The molecule has 2 amide bonds. The number of pyridine rings is 1. The third kappa shape index (κ3) is 5.11. The van der Waals surface area contributed by atoms with E-state index in [4.69, 9.17) is 27.9 Å². The van der Waals surface area contributed by atoms with Gasteiger partial charge in [-0.1, -0.05) is 23.2 Å². The number of halogens is 4. The Labute approximate surface area is 204 Å². The summed E-state index contributed by atoms with van der Waals surface area (Å²) in [4.78, 5) is 29.0. The van der Waals surface area contributed by atoms with Gasteiger partial charge in [0.05, 0.1) is 21.7 Å². The fraction of sp³-hybridized carbons (Fsp3) is 0.435. The lowest BCUT2D eigenvalue weighted by molar-refractivity contribution is -0.132. The van der Waals surface area contributed by atoms with Crippen LogP contribution in [0.15, 0.2) is 36.5 Å². The molecule has 0 spiro atoms. The maximum absolute atomic E-state index is 12.7. The first-order valence-electron chi connectivity index (χ1n) is 10.7. The van der Waals surface area contributed by atoms with Crippen molar-refractivity contribution in [3.8, 4) is 5.75 Å². The minimum Gasteiger partial charge on any atom is -0.484 e. The van der Waals surface area contributed by atoms with Gasteiger partial charge >= 0.3 is 0 Å². The molecule has 3 aliphatic rings. The summed E-state index contributed by atoms with van der Waals surface area (Å²) >= 11 is 11.8. The molecule has 1 aromatic carbocycles. The largest absolute Gasteiger partial charge is 0.484 e. The second kappa shape index (κ2) is 9.64. The number of aliphatic hydroxyl groups is 1. The Kier molecular flexibility index (Phi) is 6.98. The van der Waals surface area contributed by atoms with E-state index >= 15 is 0 Å². The third-order valence-electron chi connectivity index (χ3n) is 6.62. The minimum absolute atomic E-state index is 0.0310. The number of nitrogens with one attached hydrogen (secondary N) is 2. The van der Waals surface area contributed by atoms with Gasteiger partial charge in [0.1, 0.15) is 11.4 Å². The molecular weight excluding hydrogens is 491 g/mol. The summed E-state index contributed by atoms with van der Waals surface area (Å²) in [5.41, 5.74) is -1.68. The first-order valence-corrected chi connectivity index (χ1v) is 11.5. The Bertz CT molecular complexity index is 1080. The zero-order valence-electron chi connectivity index (χ0n) is 18.0. The molecule has 2 aromatic rings. The molecule has 0 aliphatic heterocycles. The van der Waals surface area contributed by atoms with E-state index in [0.717, 1.165) is 6.20 Å². The fourth-order valence-corrected chi connectivity index (χ4v) is 4.95. The van der Waals surface area contributed by atoms with Crippen molar-refractivity contribution in [3.63, 3.8) is 0 Å². The monoisotopic (exact) mass is 513 g/mol. The summed E-state index contributed by atoms with van der Waals surface area (Å²) in [7, 11) is 0. The van der Waals surface area contributed by atoms with Crippen LogP contribution in [0.25, 0.3) is 0 Å². The molecule has 2 bridgehead atoms. The van der Waals surface area contributed by atoms with E-state index in [2.05, 4.69) is 15.6 Å². The highest BCUT2D eigenvalue weighted by Gasteiger charge is 2.55. The van der Waals surface area contributed by atoms with Crippen molar-refractivity contribution in [2.24, 2.45) is 0 Å². The predicted octanol–water partition coefficient (Wildman–Crippen LogP) is 4.07. The number of hydrogen-bond acceptors (Lipinski definition) is 5. The standard InChI is InChI=1S/C23H23Cl2F2N3O4/c24-15-3-2-14(9-16(15)25)34-12-19(32)29-23-7-5-22(6-8-23,10-18(23)31)30-21(33)17-4-1-13(11-28-17)20(26)27/h1-4,9,11,18,20,31H,5-8,10,12H2,(H,29,32)(H,30,33)/t18-,22?,23?/m0/s1. The Morgan fingerprint density at radius 1 is 1.12 bits per heavy atom. The Hall–Kier alpha value is -2.49. The molecule has 11 heteroatoms. The van der Waals surface area contributed by atoms with E-state index < -0.39 is 29.5 Å². The highest BCUT2D eigenvalue weighted by molar-refractivity contribution is 6.42. The second-order valence-corrected chi connectivity index (χ2v) is 9.62. The molecule has 7 nitrogen and oxygen atoms in total. The van der Waals surface area contributed by atoms with Crippen molar-refractivity contribution in [1.82, 2.24) is 15.6 Å². The Morgan fingerprint density at radius 3 is 2.44 bits per heavy atom. The van der Waals surface area contributed by atoms with Crippen LogP contribution in [0.1, 0.15) is 54.6 Å². The summed E-state index contributed by atoms with van der Waals surface area (Å²) in [6.07, 6.45) is -0.297. The van der Waals surface area contributed by atoms with Crippen molar-refractivity contribution in [2.45, 2.75) is 55.7 Å². The summed E-state index contributed by atoms with van der Waals surface area (Å²) < 4.78 is 30.9. The number of aromatic nitrogens is 1. The number of alkyl halides is 2. The normalized spacial score (nSPS) is 25.8. The van der Waals surface area contributed by atoms with Crippen molar-refractivity contribution >= 4 is 35.0 Å². The fourth-order valence-electron chi connectivity index (χ4n) is 4.66. The SMILES string of the molecule is O=C(COc1ccc(Cl)c(Cl)c1)NC12CCC(NC(=O)c3ccc(C(F)F)cn3)(CC1)C[C@@H]2O. The van der Waals surface area contributed by atoms with Gasteiger partial charge in [0, 0.05) is 23.4 Å². The van der Waals surface area contributed by atoms with Crippen molar-refractivity contribution in [1.29, 1.82) is 0 Å². The molecule has 3 aliphatic carbocycles. The first-order chi connectivity index (χ1) is 16.1. The number of ether oxygens (including phenoxy) is 1. The average Bonchev–Trinajstić information content (AvgIpc) is 2.81. The minimum atomic E-state index is -2.66. The lowest BCUT2D eigenvalue weighted by atomic mass is 9.60. The van der Waals surface area contributed by atoms with E-state index in [1.54, 1.807) is 12.1 Å². The van der Waals surface area contributed by atoms with Crippen molar-refractivity contribution < 1.29 is 28.2 Å². The van der Waals surface area contributed by atoms with Gasteiger partial charge in [-0.2, -0.15) is 0 Å². The highest BCUT2D eigenvalue weighted by atomic mass is 35.5. The maximum Gasteiger partial charge on any atom is 0.270 e. The quantitative estimate of drug-likeness (QED) is 0.518. The molecule has 182 valence electrons. The van der Waals surface area contributed by atoms with Gasteiger partial charge in [0.2, 0.25) is 0 Å². The molecule has 3 fully saturated rings. The van der Waals surface area contributed by atoms with Gasteiger partial charge < -0.3 is 20.5 Å². The highest BCUT2D eigenvalue weighted by Crippen LogP contribution is 2.47. The van der Waals surface area contributed by atoms with Crippen LogP contribution in [0.4, 0.5) is 8.78 Å². The molecule has 1 heterocycles. The molecule has 3 saturated carbocycles. The molecular formula is C23H23Cl2F2N3O4. The topological polar surface area (TPSA) is 101 Å². The molecule has 5 rings (SSSR count). The predicted molar refractivity (Wildman–Crippen MR) is 121 cm³/mol. The van der Waals surface area contributed by atoms with Gasteiger partial charge in [-0.05, 0) is 56.4 Å². The zero-order valence-corrected chi connectivity index (χ0v) is 19.5. The van der Waals surface area contributed by atoms with Crippen LogP contribution in [-0.2, 0) is 4.79 Å². The number of carbonyl (C=O) groups is 2. The van der Waals surface area contributed by atoms with Crippen molar-refractivity contribution in [2.75, 3.05) is 6.61 Å². The zero-order chi connectivity index (χ0) is 24.5. The van der Waals surface area contributed by atoms with Crippen LogP contribution in [0.3, 0.4) is 0 Å². The number of hydrogen-bond donors (Lipinski definition) is 3. The molecule has 0 unspecified atom stereocenters. The van der Waals surface area contributed by atoms with E-state index in [1.807, 2.05) is 0 Å². The second-order valence-electron chi connectivity index (χ2n) is 8.80. The van der Waals surface area contributed by atoms with E-state index in [9.17, 15) is 23.5 Å². The number of rotatable bonds is 7. The number of amides is 2. The number of benzene rings is 1. The van der Waals surface area contributed by atoms with E-state index in [0.29, 0.717) is 41.5 Å². The van der Waals surface area contributed by atoms with Crippen molar-refractivity contribution in [3.05, 3.63) is 57.8 Å². The smallest absolute Gasteiger partial charge is 0.270 e. The number of aliphatic hydroxyl groups excluding tert-OH is 1. The summed E-state index contributed by atoms with van der Waals surface area (Å²) in [6, 6.07) is 7.11. The number of nitrogens with zero attached hydrogens (tertiary/aromatic N) is 1. The molecule has 0 saturated heterocycles. The van der Waals surface area contributed by atoms with Gasteiger partial charge in [0.15, 0.2) is 6.61 Å². The average molecular weight is 514 g/mol. The molecule has 0 radical (unpaired) electrons. The Morgan fingerprint density at radius 2 is 1.85 bits per heavy atom. The van der Waals surface area contributed by atoms with Crippen LogP contribution >= 0.6 is 23.2 Å². The molecule has 1 aromatic heterocycles. The van der Waals surface area contributed by atoms with Gasteiger partial charge in [-0.25, -0.2) is 8.78 Å². The summed E-state index contributed by atoms with van der Waals surface area (Å²) in [5, 5.41) is 17.4. The molecule has 1 atom stereocenters. The van der Waals surface area contributed by atoms with Gasteiger partial charge in [0.25, 0.3) is 18.2 Å². The third-order valence-corrected chi connectivity index (χ3v) is 7.36. The number of carbonyl (C=O) groups excluding carboxylic acids is 2. The Balaban J connectivity index is 1.34. The first kappa shape index (κ1) is 24.6. The van der Waals surface area contributed by atoms with Gasteiger partial charge in [-0.15, -0.1) is 0 Å². The van der Waals surface area contributed by atoms with Crippen LogP contribution in [0.2, 0.25) is 10.0 Å². The molecule has 3 N–H and O–H groups in total. The lowest BCUT2D eigenvalue weighted by Crippen LogP contribution is -2.70. The van der Waals surface area contributed by atoms with Gasteiger partial charge in [-0.3, -0.25) is 14.6 Å². The van der Waals surface area contributed by atoms with E-state index in [1.165, 1.54) is 18.2 Å². The van der Waals surface area contributed by atoms with Crippen LogP contribution < -0.4 is 15.4 Å². The lowest BCUT2D eigenvalue weighted by Gasteiger charge is -2.56. The van der Waals surface area contributed by atoms with E-state index in [-0.39, 0.29) is 30.2 Å². The van der Waals surface area contributed by atoms with Crippen LogP contribution in [0.5, 0.6) is 5.75 Å².